The van der Waals surface area contributed by atoms with Gasteiger partial charge in [-0.3, -0.25) is 71.0 Å². The summed E-state index contributed by atoms with van der Waals surface area (Å²) in [6, 6.07) is 0. The van der Waals surface area contributed by atoms with Crippen LogP contribution in [0, 0.1) is 34.6 Å². The number of aromatic amines is 4. The van der Waals surface area contributed by atoms with E-state index in [1.807, 2.05) is 0 Å². The fraction of sp³-hybridized carbons (Fsp3) is 0.649. The summed E-state index contributed by atoms with van der Waals surface area (Å²) in [5.74, 6) is -0.126. The minimum absolute atomic E-state index is 0.00606. The second-order valence-corrected chi connectivity index (χ2v) is 35.4. The van der Waals surface area contributed by atoms with Gasteiger partial charge in [0.2, 0.25) is 0 Å². The predicted octanol–water partition coefficient (Wildman–Crippen LogP) is -0.820. The monoisotopic (exact) mass is 1640 g/mol. The highest BCUT2D eigenvalue weighted by Crippen LogP contribution is 2.54. The molecule has 11 N–H and O–H groups in total. The van der Waals surface area contributed by atoms with Crippen molar-refractivity contribution in [1.29, 1.82) is 0 Å². The molecule has 0 aromatic carbocycles. The molecule has 0 radical (unpaired) electrons. The summed E-state index contributed by atoms with van der Waals surface area (Å²) in [7, 11) is -5.30. The molecule has 5 fully saturated rings. The van der Waals surface area contributed by atoms with Crippen LogP contribution in [-0.2, 0) is 114 Å². The summed E-state index contributed by atoms with van der Waals surface area (Å²) in [5.41, 5.74) is -0.102. The van der Waals surface area contributed by atoms with Crippen molar-refractivity contribution < 1.29 is 103 Å². The van der Waals surface area contributed by atoms with Gasteiger partial charge in [-0.25, -0.2) is 28.5 Å². The maximum absolute atomic E-state index is 14.1. The Morgan fingerprint density at radius 3 is 1.34 bits per heavy atom. The first-order valence-electron chi connectivity index (χ1n) is 32.7. The molecule has 5 saturated heterocycles. The highest BCUT2D eigenvalue weighted by molar-refractivity contribution is 8.07. The average molecular weight is 1640 g/mol. The van der Waals surface area contributed by atoms with E-state index in [0.717, 1.165) is 18.3 Å². The van der Waals surface area contributed by atoms with E-state index in [0.29, 0.717) is 12.0 Å². The third-order valence-electron chi connectivity index (χ3n) is 17.3. The summed E-state index contributed by atoms with van der Waals surface area (Å²) in [4.78, 5) is 173. The Hall–Kier alpha value is -5.26. The van der Waals surface area contributed by atoms with Gasteiger partial charge >= 0.3 is 56.4 Å². The third kappa shape index (κ3) is 20.3. The number of ether oxygens (including phenoxy) is 8. The van der Waals surface area contributed by atoms with Crippen LogP contribution in [0.3, 0.4) is 0 Å². The largest absolute Gasteiger partial charge is 0.472 e. The van der Waals surface area contributed by atoms with Gasteiger partial charge in [0.1, 0.15) is 61.0 Å². The number of aliphatic hydroxyl groups excluding tert-OH is 1. The van der Waals surface area contributed by atoms with Crippen LogP contribution in [0.25, 0.3) is 0 Å². The minimum Gasteiger partial charge on any atom is -0.388 e. The first kappa shape index (κ1) is 83.2. The summed E-state index contributed by atoms with van der Waals surface area (Å²) in [6.45, 7) is -3.43. The molecule has 22 atom stereocenters. The van der Waals surface area contributed by atoms with Gasteiger partial charge in [0.25, 0.3) is 22.2 Å². The van der Waals surface area contributed by atoms with Crippen LogP contribution >= 0.6 is 28.0 Å². The lowest BCUT2D eigenvalue weighted by molar-refractivity contribution is -0.113. The summed E-state index contributed by atoms with van der Waals surface area (Å²) in [5, 5.41) is 10.8. The molecule has 0 saturated carbocycles. The molecule has 5 aliphatic rings. The number of hydrogen-bond acceptors (Lipinski definition) is 32. The Kier molecular flexibility index (Phi) is 26.8. The van der Waals surface area contributed by atoms with Gasteiger partial charge in [-0.05, 0) is 97.2 Å². The molecular formula is C57H81N11O31P4S3. The molecule has 10 rings (SSSR count). The number of nitrogens with two attached hydrogens (primary N) is 1. The van der Waals surface area contributed by atoms with Crippen LogP contribution in [-0.4, -0.2) is 198 Å². The number of aliphatic hydroxyl groups is 1. The van der Waals surface area contributed by atoms with E-state index in [4.69, 9.17) is 115 Å². The zero-order valence-corrected chi connectivity index (χ0v) is 64.0. The van der Waals surface area contributed by atoms with E-state index in [-0.39, 0.29) is 47.5 Å². The van der Waals surface area contributed by atoms with Crippen LogP contribution in [0.1, 0.15) is 106 Å². The van der Waals surface area contributed by atoms with E-state index in [1.54, 1.807) is 6.92 Å². The maximum Gasteiger partial charge on any atom is 0.472 e. The van der Waals surface area contributed by atoms with Gasteiger partial charge in [0, 0.05) is 71.6 Å². The minimum atomic E-state index is -5.30. The number of hydrogen-bond donors (Lipinski definition) is 10. The molecule has 9 unspecified atom stereocenters. The van der Waals surface area contributed by atoms with E-state index >= 15 is 0 Å². The summed E-state index contributed by atoms with van der Waals surface area (Å²) < 4.78 is 114. The van der Waals surface area contributed by atoms with Crippen LogP contribution in [0.2, 0.25) is 0 Å². The second-order valence-electron chi connectivity index (χ2n) is 25.7. The van der Waals surface area contributed by atoms with E-state index in [9.17, 15) is 72.4 Å². The van der Waals surface area contributed by atoms with E-state index in [2.05, 4.69) is 24.9 Å². The number of nitrogen functional groups attached to an aromatic ring is 1. The van der Waals surface area contributed by atoms with Crippen LogP contribution in [0.4, 0.5) is 5.82 Å². The first-order valence-corrected chi connectivity index (χ1v) is 42.0. The Morgan fingerprint density at radius 2 is 0.868 bits per heavy atom. The molecule has 588 valence electrons. The molecule has 5 aromatic heterocycles. The maximum atomic E-state index is 14.1. The number of H-pyrrole nitrogens is 4. The fourth-order valence-electron chi connectivity index (χ4n) is 12.0. The summed E-state index contributed by atoms with van der Waals surface area (Å²) in [6.07, 6.45) is -16.0. The molecule has 0 bridgehead atoms. The van der Waals surface area contributed by atoms with Gasteiger partial charge in [0.15, 0.2) is 18.7 Å². The molecule has 42 nitrogen and oxygen atoms in total. The first-order chi connectivity index (χ1) is 49.7. The van der Waals surface area contributed by atoms with Crippen molar-refractivity contribution in [2.24, 2.45) is 0 Å². The highest BCUT2D eigenvalue weighted by Gasteiger charge is 2.50. The normalized spacial score (nSPS) is 29.3. The van der Waals surface area contributed by atoms with Crippen LogP contribution in [0.15, 0.2) is 74.1 Å². The van der Waals surface area contributed by atoms with Gasteiger partial charge < -0.3 is 95.5 Å². The molecular weight excluding hydrogens is 1550 g/mol. The molecule has 10 heterocycles. The molecule has 0 spiro atoms. The molecule has 49 heteroatoms. The van der Waals surface area contributed by atoms with Crippen LogP contribution in [0.5, 0.6) is 0 Å². The van der Waals surface area contributed by atoms with E-state index < -0.39 is 229 Å². The number of nitrogens with zero attached hydrogens (tertiary/aromatic N) is 6. The Balaban J connectivity index is 0.793. The molecule has 0 amide bonds. The zero-order valence-electron chi connectivity index (χ0n) is 58.0. The topological polar surface area (TPSA) is 546 Å². The lowest BCUT2D eigenvalue weighted by Crippen LogP contribution is -2.42. The molecule has 5 aromatic rings. The van der Waals surface area contributed by atoms with Crippen molar-refractivity contribution in [2.45, 2.75) is 192 Å². The van der Waals surface area contributed by atoms with E-state index in [1.165, 1.54) is 90.9 Å². The summed E-state index contributed by atoms with van der Waals surface area (Å²) >= 11 is 16.3. The van der Waals surface area contributed by atoms with Gasteiger partial charge in [-0.15, -0.1) is 0 Å². The predicted molar refractivity (Wildman–Crippen MR) is 376 cm³/mol. The Labute approximate surface area is 614 Å². The number of rotatable bonds is 32. The Morgan fingerprint density at radius 1 is 0.509 bits per heavy atom. The zero-order chi connectivity index (χ0) is 77.4. The molecule has 106 heavy (non-hydrogen) atoms. The van der Waals surface area contributed by atoms with Crippen molar-refractivity contribution in [3.05, 3.63) is 153 Å². The quantitative estimate of drug-likeness (QED) is 0.0235. The van der Waals surface area contributed by atoms with Gasteiger partial charge in [-0.2, -0.15) is 4.98 Å². The number of anilines is 1. The number of phosphoric ester groups is 1. The van der Waals surface area contributed by atoms with Gasteiger partial charge in [0.05, 0.1) is 82.9 Å². The number of aryl methyl sites for hydroxylation is 5. The SMILES string of the molecule is CC[C@H]1O[C@@H](n2cc(C)c(=O)[nH]c2=O)CC1OP(O)(=S)OC[C@H]1O[C@@H](n2cc(C)c(=O)[nH]c2=O)CC1OP(O)(=S)OC[C@H](C)O[C@H]1C(OP(=O)(O)OC[C@H](C)O[C@H]2C(OP(O)(=S)OC[C@H](C)O[C@H]3C(O)CO[C@H]3n3cc(C)c(=O)[nH]c3=O)CO[C@H]2n2cc(C)c(=O)[nH]c2=O)CO[C@H]1n1cc(C)c(N)nc1=O. The van der Waals surface area contributed by atoms with Gasteiger partial charge in [-0.1, -0.05) is 6.92 Å². The molecule has 5 aliphatic heterocycles. The standard InChI is InChI=1S/C57H81N11O31P4S3/c1-10-34-35(11-40(94-34)64-14-26(3)46(70)60-54(64)75)97-103(83,106)90-24-37-36(12-41(95-37)65-15-27(4)47(71)61-55(65)76)98-101(81,104)88-20-32(9)93-43-38(22-85-51(43)66-13-25(2)45(58)59-53(66)74)96-100(79,80)87-18-30(7)92-44-39(23-86-52(44)68-17-29(6)49(73)63-57(68)78)99-102(82,105)89-19-31(8)91-42-33(69)21-84-50(42)67-16-28(5)48(72)62-56(67)77/h13-17,30-44,50-52,69H,10-12,18-24H2,1-9H3,(H,79,80)(H,81,104)(H,82,105)(H,83,106)(H2,58,59,74)(H,60,70,75)(H,61,71,76)(H,62,72,77)(H,63,73,78)/t30-,31-,32-,33?,34+,35?,36?,37+,38?,39?,40+,41+,42-,43-,44-,50+,51+,52+,101?,102?,103?/m0/s1. The highest BCUT2D eigenvalue weighted by atomic mass is 32.5. The smallest absolute Gasteiger partial charge is 0.388 e. The number of nitrogens with one attached hydrogen (secondary N) is 4. The van der Waals surface area contributed by atoms with Crippen molar-refractivity contribution in [3.63, 3.8) is 0 Å². The van der Waals surface area contributed by atoms with Crippen LogP contribution < -0.4 is 56.4 Å². The number of aromatic nitrogens is 10. The number of phosphoric acid groups is 1. The lowest BCUT2D eigenvalue weighted by Gasteiger charge is -2.30. The van der Waals surface area contributed by atoms with Crippen molar-refractivity contribution in [1.82, 2.24) is 47.8 Å². The average Bonchev–Trinajstić information content (AvgIpc) is 1.60. The van der Waals surface area contributed by atoms with Crippen molar-refractivity contribution in [2.75, 3.05) is 52.0 Å². The third-order valence-corrected chi connectivity index (χ3v) is 23.1. The van der Waals surface area contributed by atoms with Crippen molar-refractivity contribution >= 4 is 69.2 Å². The van der Waals surface area contributed by atoms with Crippen molar-refractivity contribution in [3.8, 4) is 0 Å². The Bertz CT molecular complexity index is 4820. The lowest BCUT2D eigenvalue weighted by atomic mass is 10.1. The fourth-order valence-corrected chi connectivity index (χ4v) is 17.4. The molecule has 0 aliphatic carbocycles. The second kappa shape index (κ2) is 34.2.